The first-order valence-electron chi connectivity index (χ1n) is 2.99. The number of alkyl halides is 1. The minimum absolute atomic E-state index is 0.441. The van der Waals surface area contributed by atoms with Crippen molar-refractivity contribution >= 4 is 17.2 Å². The van der Waals surface area contributed by atoms with Crippen molar-refractivity contribution in [2.45, 2.75) is 0 Å². The van der Waals surface area contributed by atoms with E-state index in [1.54, 1.807) is 6.20 Å². The van der Waals surface area contributed by atoms with Gasteiger partial charge in [-0.3, -0.25) is 4.98 Å². The Morgan fingerprint density at radius 2 is 2.40 bits per heavy atom. The van der Waals surface area contributed by atoms with Gasteiger partial charge in [0.15, 0.2) is 0 Å². The number of nitrogens with zero attached hydrogens (tertiary/aromatic N) is 1. The number of allylic oxidation sites excluding steroid dienone is 1. The Bertz CT molecular complexity index is 218. The lowest BCUT2D eigenvalue weighted by atomic mass is 10.2. The largest absolute Gasteiger partial charge is 0.257 e. The lowest BCUT2D eigenvalue weighted by molar-refractivity contribution is 1.27. The van der Waals surface area contributed by atoms with Crippen LogP contribution >= 0.6 is 11.6 Å². The van der Waals surface area contributed by atoms with Crippen molar-refractivity contribution in [1.82, 2.24) is 4.98 Å². The fourth-order valence-electron chi connectivity index (χ4n) is 0.640. The van der Waals surface area contributed by atoms with Crippen molar-refractivity contribution in [3.8, 4) is 0 Å². The zero-order chi connectivity index (χ0) is 7.40. The van der Waals surface area contributed by atoms with E-state index in [4.69, 9.17) is 11.6 Å². The number of hydrogen-bond acceptors (Lipinski definition) is 1. The molecule has 0 fully saturated rings. The normalized spacial score (nSPS) is 9.30. The summed E-state index contributed by atoms with van der Waals surface area (Å²) in [6.45, 7) is 3.75. The third kappa shape index (κ3) is 1.58. The monoisotopic (exact) mass is 153 g/mol. The van der Waals surface area contributed by atoms with Gasteiger partial charge >= 0.3 is 0 Å². The quantitative estimate of drug-likeness (QED) is 0.595. The molecule has 0 N–H and O–H groups in total. The van der Waals surface area contributed by atoms with Crippen LogP contribution in [0.3, 0.4) is 0 Å². The summed E-state index contributed by atoms with van der Waals surface area (Å²) in [5.74, 6) is 0.441. The first-order chi connectivity index (χ1) is 4.84. The molecule has 0 atom stereocenters. The van der Waals surface area contributed by atoms with E-state index in [9.17, 15) is 0 Å². The fourth-order valence-corrected chi connectivity index (χ4v) is 0.777. The van der Waals surface area contributed by atoms with Gasteiger partial charge in [0.25, 0.3) is 0 Å². The molecule has 0 saturated carbocycles. The van der Waals surface area contributed by atoms with Crippen LogP contribution in [0.2, 0.25) is 0 Å². The molecule has 0 radical (unpaired) electrons. The van der Waals surface area contributed by atoms with Gasteiger partial charge in [-0.1, -0.05) is 12.6 Å². The number of aromatic nitrogens is 1. The molecule has 0 saturated heterocycles. The lowest BCUT2D eigenvalue weighted by Gasteiger charge is -1.97. The Kier molecular flexibility index (Phi) is 2.46. The Balaban J connectivity index is 2.85. The van der Waals surface area contributed by atoms with Crippen LogP contribution in [0.5, 0.6) is 0 Å². The van der Waals surface area contributed by atoms with E-state index in [-0.39, 0.29) is 0 Å². The molecule has 0 unspecified atom stereocenters. The Morgan fingerprint density at radius 1 is 1.60 bits per heavy atom. The van der Waals surface area contributed by atoms with Crippen molar-refractivity contribution in [2.75, 3.05) is 5.88 Å². The molecule has 10 heavy (non-hydrogen) atoms. The summed E-state index contributed by atoms with van der Waals surface area (Å²) in [4.78, 5) is 4.07. The van der Waals surface area contributed by atoms with Crippen molar-refractivity contribution in [1.29, 1.82) is 0 Å². The molecule has 0 spiro atoms. The highest BCUT2D eigenvalue weighted by molar-refractivity contribution is 6.22. The van der Waals surface area contributed by atoms with Crippen molar-refractivity contribution in [3.63, 3.8) is 0 Å². The second-order valence-corrected chi connectivity index (χ2v) is 2.22. The minimum atomic E-state index is 0.441. The second kappa shape index (κ2) is 3.37. The lowest BCUT2D eigenvalue weighted by Crippen LogP contribution is -1.86. The van der Waals surface area contributed by atoms with Gasteiger partial charge in [0.05, 0.1) is 5.69 Å². The molecule has 1 aromatic rings. The van der Waals surface area contributed by atoms with E-state index in [0.29, 0.717) is 5.88 Å². The smallest absolute Gasteiger partial charge is 0.0667 e. The van der Waals surface area contributed by atoms with Crippen LogP contribution in [0.25, 0.3) is 5.57 Å². The van der Waals surface area contributed by atoms with Gasteiger partial charge in [-0.25, -0.2) is 0 Å². The molecule has 0 bridgehead atoms. The summed E-state index contributed by atoms with van der Waals surface area (Å²) in [6, 6.07) is 5.68. The standard InChI is InChI=1S/C8H8ClN/c1-7(6-9)8-4-2-3-5-10-8/h2-5H,1,6H2. The zero-order valence-electron chi connectivity index (χ0n) is 5.55. The molecule has 0 aliphatic heterocycles. The third-order valence-electron chi connectivity index (χ3n) is 1.19. The molecular formula is C8H8ClN. The number of hydrogen-bond donors (Lipinski definition) is 0. The molecule has 1 aromatic heterocycles. The number of pyridine rings is 1. The maximum atomic E-state index is 5.55. The van der Waals surface area contributed by atoms with E-state index in [0.717, 1.165) is 11.3 Å². The molecule has 1 rings (SSSR count). The fraction of sp³-hybridized carbons (Fsp3) is 0.125. The summed E-state index contributed by atoms with van der Waals surface area (Å²) in [7, 11) is 0. The average molecular weight is 154 g/mol. The molecule has 0 amide bonds. The van der Waals surface area contributed by atoms with Crippen LogP contribution in [-0.4, -0.2) is 10.9 Å². The van der Waals surface area contributed by atoms with Crippen LogP contribution in [0, 0.1) is 0 Å². The Labute approximate surface area is 65.4 Å². The van der Waals surface area contributed by atoms with Crippen molar-refractivity contribution in [2.24, 2.45) is 0 Å². The molecule has 0 aromatic carbocycles. The predicted octanol–water partition coefficient (Wildman–Crippen LogP) is 2.33. The maximum Gasteiger partial charge on any atom is 0.0667 e. The van der Waals surface area contributed by atoms with Gasteiger partial charge in [-0.15, -0.1) is 11.6 Å². The van der Waals surface area contributed by atoms with Crippen LogP contribution in [0.4, 0.5) is 0 Å². The topological polar surface area (TPSA) is 12.9 Å². The van der Waals surface area contributed by atoms with Gasteiger partial charge in [0, 0.05) is 12.1 Å². The predicted molar refractivity (Wildman–Crippen MR) is 44.0 cm³/mol. The summed E-state index contributed by atoms with van der Waals surface area (Å²) in [6.07, 6.45) is 1.73. The van der Waals surface area contributed by atoms with E-state index in [1.165, 1.54) is 0 Å². The summed E-state index contributed by atoms with van der Waals surface area (Å²) < 4.78 is 0. The molecule has 0 aliphatic rings. The van der Waals surface area contributed by atoms with E-state index in [1.807, 2.05) is 18.2 Å². The van der Waals surface area contributed by atoms with Crippen molar-refractivity contribution < 1.29 is 0 Å². The highest BCUT2D eigenvalue weighted by Crippen LogP contribution is 2.08. The van der Waals surface area contributed by atoms with Crippen LogP contribution in [0.15, 0.2) is 31.0 Å². The van der Waals surface area contributed by atoms with Gasteiger partial charge in [0.1, 0.15) is 0 Å². The molecule has 2 heteroatoms. The van der Waals surface area contributed by atoms with Gasteiger partial charge < -0.3 is 0 Å². The van der Waals surface area contributed by atoms with Crippen LogP contribution in [0.1, 0.15) is 5.69 Å². The second-order valence-electron chi connectivity index (χ2n) is 1.95. The molecule has 0 aliphatic carbocycles. The van der Waals surface area contributed by atoms with Gasteiger partial charge in [-0.2, -0.15) is 0 Å². The number of halogens is 1. The van der Waals surface area contributed by atoms with E-state index < -0.39 is 0 Å². The minimum Gasteiger partial charge on any atom is -0.257 e. The maximum absolute atomic E-state index is 5.55. The van der Waals surface area contributed by atoms with Gasteiger partial charge in [0.2, 0.25) is 0 Å². The zero-order valence-corrected chi connectivity index (χ0v) is 6.30. The summed E-state index contributed by atoms with van der Waals surface area (Å²) in [5, 5.41) is 0. The van der Waals surface area contributed by atoms with E-state index in [2.05, 4.69) is 11.6 Å². The molecule has 1 heterocycles. The molecule has 52 valence electrons. The van der Waals surface area contributed by atoms with Gasteiger partial charge in [-0.05, 0) is 17.7 Å². The first kappa shape index (κ1) is 7.29. The van der Waals surface area contributed by atoms with Crippen LogP contribution in [-0.2, 0) is 0 Å². The number of rotatable bonds is 2. The molecular weight excluding hydrogens is 146 g/mol. The highest BCUT2D eigenvalue weighted by atomic mass is 35.5. The summed E-state index contributed by atoms with van der Waals surface area (Å²) >= 11 is 5.55. The van der Waals surface area contributed by atoms with Crippen molar-refractivity contribution in [3.05, 3.63) is 36.7 Å². The van der Waals surface area contributed by atoms with Crippen LogP contribution < -0.4 is 0 Å². The third-order valence-corrected chi connectivity index (χ3v) is 1.51. The SMILES string of the molecule is C=C(CCl)c1ccccn1. The highest BCUT2D eigenvalue weighted by Gasteiger charge is 1.94. The Morgan fingerprint density at radius 3 is 2.90 bits per heavy atom. The van der Waals surface area contributed by atoms with E-state index >= 15 is 0 Å². The average Bonchev–Trinajstić information content (AvgIpc) is 2.05. The summed E-state index contributed by atoms with van der Waals surface area (Å²) in [5.41, 5.74) is 1.74. The first-order valence-corrected chi connectivity index (χ1v) is 3.53. The Hall–Kier alpha value is -0.820. The molecule has 1 nitrogen and oxygen atoms in total.